The van der Waals surface area contributed by atoms with Gasteiger partial charge >= 0.3 is 0 Å². The molecule has 5 nitrogen and oxygen atoms in total. The highest BCUT2D eigenvalue weighted by Crippen LogP contribution is 2.10. The van der Waals surface area contributed by atoms with Gasteiger partial charge in [0.15, 0.2) is 0 Å². The van der Waals surface area contributed by atoms with Gasteiger partial charge in [0.25, 0.3) is 5.91 Å². The molecule has 1 aromatic rings. The average molecular weight is 236 g/mol. The largest absolute Gasteiger partial charge is 0.381 e. The van der Waals surface area contributed by atoms with Crippen LogP contribution in [-0.2, 0) is 4.79 Å². The van der Waals surface area contributed by atoms with E-state index in [2.05, 4.69) is 5.32 Å². The number of nitrogens with two attached hydrogens (primary N) is 1. The third kappa shape index (κ3) is 3.57. The van der Waals surface area contributed by atoms with Crippen molar-refractivity contribution in [3.63, 3.8) is 0 Å². The molecule has 1 unspecified atom stereocenters. The molecule has 1 rings (SSSR count). The van der Waals surface area contributed by atoms with E-state index in [0.717, 1.165) is 11.1 Å². The number of carbonyl (C=O) groups excluding carboxylic acids is 2. The fourth-order valence-electron chi connectivity index (χ4n) is 1.45. The van der Waals surface area contributed by atoms with E-state index in [-0.39, 0.29) is 12.5 Å². The zero-order chi connectivity index (χ0) is 13.0. The molecule has 2 amide bonds. The van der Waals surface area contributed by atoms with Crippen molar-refractivity contribution in [2.75, 3.05) is 6.54 Å². The van der Waals surface area contributed by atoms with Crippen LogP contribution in [-0.4, -0.2) is 29.6 Å². The lowest BCUT2D eigenvalue weighted by atomic mass is 10.1. The Morgan fingerprint density at radius 1 is 1.41 bits per heavy atom. The van der Waals surface area contributed by atoms with Crippen molar-refractivity contribution in [1.82, 2.24) is 5.32 Å². The molecule has 0 heterocycles. The van der Waals surface area contributed by atoms with Gasteiger partial charge in [0.2, 0.25) is 5.91 Å². The smallest absolute Gasteiger partial charge is 0.251 e. The molecule has 0 saturated heterocycles. The second-order valence-corrected chi connectivity index (χ2v) is 3.95. The van der Waals surface area contributed by atoms with Gasteiger partial charge in [-0.2, -0.15) is 0 Å². The molecule has 0 aromatic heterocycles. The first-order valence-corrected chi connectivity index (χ1v) is 5.24. The van der Waals surface area contributed by atoms with Crippen LogP contribution >= 0.6 is 0 Å². The normalized spacial score (nSPS) is 11.9. The molecule has 1 aromatic carbocycles. The van der Waals surface area contributed by atoms with Crippen molar-refractivity contribution in [3.05, 3.63) is 34.9 Å². The number of amides is 2. The predicted octanol–water partition coefficient (Wildman–Crippen LogP) is -0.121. The Bertz CT molecular complexity index is 443. The topological polar surface area (TPSA) is 92.4 Å². The summed E-state index contributed by atoms with van der Waals surface area (Å²) in [6.07, 6.45) is -1.36. The van der Waals surface area contributed by atoms with Crippen LogP contribution in [0.1, 0.15) is 21.5 Å². The Morgan fingerprint density at radius 3 is 2.59 bits per heavy atom. The Morgan fingerprint density at radius 2 is 2.06 bits per heavy atom. The van der Waals surface area contributed by atoms with Gasteiger partial charge in [0, 0.05) is 5.56 Å². The molecule has 1 atom stereocenters. The predicted molar refractivity (Wildman–Crippen MR) is 63.5 cm³/mol. The summed E-state index contributed by atoms with van der Waals surface area (Å²) in [5.41, 5.74) is 7.30. The molecular weight excluding hydrogens is 220 g/mol. The monoisotopic (exact) mass is 236 g/mol. The third-order valence-electron chi connectivity index (χ3n) is 2.41. The Labute approximate surface area is 99.6 Å². The molecule has 0 saturated carbocycles. The lowest BCUT2D eigenvalue weighted by Gasteiger charge is -2.10. The number of rotatable bonds is 4. The highest BCUT2D eigenvalue weighted by atomic mass is 16.3. The van der Waals surface area contributed by atoms with E-state index in [1.807, 2.05) is 26.0 Å². The maximum absolute atomic E-state index is 11.7. The van der Waals surface area contributed by atoms with Crippen LogP contribution in [0, 0.1) is 13.8 Å². The fourth-order valence-corrected chi connectivity index (χ4v) is 1.45. The van der Waals surface area contributed by atoms with Gasteiger partial charge in [-0.1, -0.05) is 17.7 Å². The van der Waals surface area contributed by atoms with Gasteiger partial charge in [0.05, 0.1) is 6.54 Å². The van der Waals surface area contributed by atoms with E-state index in [4.69, 9.17) is 10.8 Å². The summed E-state index contributed by atoms with van der Waals surface area (Å²) < 4.78 is 0. The first-order chi connectivity index (χ1) is 7.91. The van der Waals surface area contributed by atoms with Crippen molar-refractivity contribution in [3.8, 4) is 0 Å². The molecule has 92 valence electrons. The lowest BCUT2D eigenvalue weighted by Crippen LogP contribution is -2.40. The van der Waals surface area contributed by atoms with Crippen molar-refractivity contribution in [2.24, 2.45) is 5.73 Å². The highest BCUT2D eigenvalue weighted by Gasteiger charge is 2.14. The zero-order valence-corrected chi connectivity index (χ0v) is 9.86. The van der Waals surface area contributed by atoms with Gasteiger partial charge in [-0.3, -0.25) is 9.59 Å². The van der Waals surface area contributed by atoms with E-state index < -0.39 is 12.0 Å². The number of benzene rings is 1. The summed E-state index contributed by atoms with van der Waals surface area (Å²) in [7, 11) is 0. The molecular formula is C12H16N2O3. The Hall–Kier alpha value is -1.88. The maximum Gasteiger partial charge on any atom is 0.251 e. The second-order valence-electron chi connectivity index (χ2n) is 3.95. The van der Waals surface area contributed by atoms with Crippen molar-refractivity contribution in [2.45, 2.75) is 20.0 Å². The zero-order valence-electron chi connectivity index (χ0n) is 9.86. The highest BCUT2D eigenvalue weighted by molar-refractivity contribution is 5.96. The first-order valence-electron chi connectivity index (χ1n) is 5.24. The van der Waals surface area contributed by atoms with Gasteiger partial charge in [0.1, 0.15) is 6.10 Å². The minimum absolute atomic E-state index is 0.179. The van der Waals surface area contributed by atoms with E-state index >= 15 is 0 Å². The SMILES string of the molecule is Cc1ccc(C(=O)NCC(O)C(N)=O)c(C)c1. The van der Waals surface area contributed by atoms with Crippen LogP contribution in [0.25, 0.3) is 0 Å². The molecule has 0 spiro atoms. The summed E-state index contributed by atoms with van der Waals surface area (Å²) in [6.45, 7) is 3.58. The Balaban J connectivity index is 2.67. The van der Waals surface area contributed by atoms with Crippen LogP contribution in [0.5, 0.6) is 0 Å². The Kier molecular flexibility index (Phi) is 4.23. The van der Waals surface area contributed by atoms with Gasteiger partial charge in [-0.25, -0.2) is 0 Å². The maximum atomic E-state index is 11.7. The third-order valence-corrected chi connectivity index (χ3v) is 2.41. The summed E-state index contributed by atoms with van der Waals surface area (Å²) in [5.74, 6) is -1.19. The molecule has 5 heteroatoms. The number of aryl methyl sites for hydroxylation is 2. The minimum Gasteiger partial charge on any atom is -0.381 e. The van der Waals surface area contributed by atoms with Gasteiger partial charge in [-0.15, -0.1) is 0 Å². The number of nitrogens with one attached hydrogen (secondary N) is 1. The number of primary amides is 1. The fraction of sp³-hybridized carbons (Fsp3) is 0.333. The van der Waals surface area contributed by atoms with Crippen molar-refractivity contribution in [1.29, 1.82) is 0 Å². The van der Waals surface area contributed by atoms with E-state index in [1.165, 1.54) is 0 Å². The standard InChI is InChI=1S/C12H16N2O3/c1-7-3-4-9(8(2)5-7)12(17)14-6-10(15)11(13)16/h3-5,10,15H,6H2,1-2H3,(H2,13,16)(H,14,17). The number of carbonyl (C=O) groups is 2. The summed E-state index contributed by atoms with van der Waals surface area (Å²) in [6, 6.07) is 5.42. The van der Waals surface area contributed by atoms with E-state index in [9.17, 15) is 9.59 Å². The minimum atomic E-state index is -1.36. The molecule has 17 heavy (non-hydrogen) atoms. The summed E-state index contributed by atoms with van der Waals surface area (Å²) >= 11 is 0. The lowest BCUT2D eigenvalue weighted by molar-refractivity contribution is -0.125. The average Bonchev–Trinajstić information content (AvgIpc) is 2.25. The molecule has 0 aliphatic rings. The van der Waals surface area contributed by atoms with Gasteiger partial charge < -0.3 is 16.2 Å². The molecule has 0 aliphatic carbocycles. The van der Waals surface area contributed by atoms with Crippen molar-refractivity contribution < 1.29 is 14.7 Å². The molecule has 4 N–H and O–H groups in total. The number of aliphatic hydroxyl groups excluding tert-OH is 1. The number of hydrogen-bond donors (Lipinski definition) is 3. The molecule has 0 radical (unpaired) electrons. The molecule has 0 bridgehead atoms. The summed E-state index contributed by atoms with van der Waals surface area (Å²) in [5, 5.41) is 11.6. The first kappa shape index (κ1) is 13.2. The van der Waals surface area contributed by atoms with Crippen LogP contribution in [0.4, 0.5) is 0 Å². The van der Waals surface area contributed by atoms with Crippen LogP contribution < -0.4 is 11.1 Å². The van der Waals surface area contributed by atoms with Crippen LogP contribution in [0.2, 0.25) is 0 Å². The van der Waals surface area contributed by atoms with Crippen LogP contribution in [0.3, 0.4) is 0 Å². The van der Waals surface area contributed by atoms with Crippen molar-refractivity contribution >= 4 is 11.8 Å². The quantitative estimate of drug-likeness (QED) is 0.680. The second kappa shape index (κ2) is 5.45. The summed E-state index contributed by atoms with van der Waals surface area (Å²) in [4.78, 5) is 22.3. The van der Waals surface area contributed by atoms with E-state index in [0.29, 0.717) is 5.56 Å². The van der Waals surface area contributed by atoms with E-state index in [1.54, 1.807) is 6.07 Å². The molecule has 0 aliphatic heterocycles. The number of aliphatic hydroxyl groups is 1. The van der Waals surface area contributed by atoms with Crippen LogP contribution in [0.15, 0.2) is 18.2 Å². The molecule has 0 fully saturated rings. The van der Waals surface area contributed by atoms with Gasteiger partial charge in [-0.05, 0) is 25.5 Å². The number of hydrogen-bond acceptors (Lipinski definition) is 3.